The highest BCUT2D eigenvalue weighted by atomic mass is 16.5. The molecule has 0 aromatic heterocycles. The molecule has 1 saturated heterocycles. The van der Waals surface area contributed by atoms with Crippen LogP contribution in [0.15, 0.2) is 24.3 Å². The Morgan fingerprint density at radius 2 is 1.41 bits per heavy atom. The quantitative estimate of drug-likeness (QED) is 0.726. The van der Waals surface area contributed by atoms with Gasteiger partial charge in [-0.2, -0.15) is 0 Å². The van der Waals surface area contributed by atoms with Gasteiger partial charge in [-0.1, -0.05) is 50.7 Å². The SMILES string of the molecule is O=C1c2ccccc2O[C@@H]1[C@H]1C(=O)N(C2CCCCC2)C(=O)N1C1CCCCC1. The molecular weight excluding hydrogens is 368 g/mol. The summed E-state index contributed by atoms with van der Waals surface area (Å²) in [6.45, 7) is 0. The Kier molecular flexibility index (Phi) is 4.80. The molecule has 2 aliphatic carbocycles. The average molecular weight is 396 g/mol. The van der Waals surface area contributed by atoms with Crippen molar-refractivity contribution in [1.29, 1.82) is 0 Å². The van der Waals surface area contributed by atoms with E-state index in [1.54, 1.807) is 23.1 Å². The largest absolute Gasteiger partial charge is 0.479 e. The zero-order chi connectivity index (χ0) is 20.0. The number of ether oxygens (including phenoxy) is 1. The highest BCUT2D eigenvalue weighted by Gasteiger charge is 2.57. The maximum atomic E-state index is 13.6. The predicted molar refractivity (Wildman–Crippen MR) is 107 cm³/mol. The molecule has 0 spiro atoms. The number of para-hydroxylation sites is 1. The molecule has 0 unspecified atom stereocenters. The van der Waals surface area contributed by atoms with Crippen LogP contribution in [0.4, 0.5) is 4.79 Å². The highest BCUT2D eigenvalue weighted by Crippen LogP contribution is 2.39. The maximum Gasteiger partial charge on any atom is 0.328 e. The molecule has 0 bridgehead atoms. The molecule has 3 amide bonds. The molecule has 1 aromatic carbocycles. The third kappa shape index (κ3) is 3.04. The van der Waals surface area contributed by atoms with E-state index >= 15 is 0 Å². The van der Waals surface area contributed by atoms with Gasteiger partial charge in [-0.25, -0.2) is 4.79 Å². The van der Waals surface area contributed by atoms with Crippen LogP contribution in [-0.2, 0) is 4.79 Å². The smallest absolute Gasteiger partial charge is 0.328 e. The van der Waals surface area contributed by atoms with Crippen molar-refractivity contribution in [3.63, 3.8) is 0 Å². The zero-order valence-corrected chi connectivity index (χ0v) is 16.7. The Balaban J connectivity index is 1.49. The molecule has 5 rings (SSSR count). The van der Waals surface area contributed by atoms with Gasteiger partial charge < -0.3 is 9.64 Å². The van der Waals surface area contributed by atoms with Gasteiger partial charge >= 0.3 is 6.03 Å². The second kappa shape index (κ2) is 7.47. The number of ketones is 1. The number of urea groups is 1. The van der Waals surface area contributed by atoms with E-state index in [9.17, 15) is 14.4 Å². The van der Waals surface area contributed by atoms with Gasteiger partial charge in [0.25, 0.3) is 5.91 Å². The van der Waals surface area contributed by atoms with E-state index in [1.165, 1.54) is 4.90 Å². The summed E-state index contributed by atoms with van der Waals surface area (Å²) in [5.41, 5.74) is 0.512. The molecule has 2 saturated carbocycles. The number of fused-ring (bicyclic) bond motifs is 1. The van der Waals surface area contributed by atoms with Gasteiger partial charge in [0.2, 0.25) is 5.78 Å². The number of rotatable bonds is 3. The van der Waals surface area contributed by atoms with Crippen LogP contribution in [0, 0.1) is 0 Å². The lowest BCUT2D eigenvalue weighted by molar-refractivity contribution is -0.132. The van der Waals surface area contributed by atoms with Crippen molar-refractivity contribution in [2.24, 2.45) is 0 Å². The lowest BCUT2D eigenvalue weighted by Gasteiger charge is -2.35. The maximum absolute atomic E-state index is 13.6. The summed E-state index contributed by atoms with van der Waals surface area (Å²) in [5.74, 6) is 0.0964. The molecule has 0 N–H and O–H groups in total. The van der Waals surface area contributed by atoms with Gasteiger partial charge in [0.05, 0.1) is 5.56 Å². The molecule has 2 aliphatic heterocycles. The van der Waals surface area contributed by atoms with Crippen LogP contribution in [0.1, 0.15) is 74.6 Å². The molecule has 29 heavy (non-hydrogen) atoms. The Bertz CT molecular complexity index is 826. The molecule has 2 atom stereocenters. The summed E-state index contributed by atoms with van der Waals surface area (Å²) in [6, 6.07) is 6.05. The molecule has 6 nitrogen and oxygen atoms in total. The third-order valence-corrected chi connectivity index (χ3v) is 7.08. The van der Waals surface area contributed by atoms with Crippen molar-refractivity contribution in [1.82, 2.24) is 9.80 Å². The van der Waals surface area contributed by atoms with Crippen molar-refractivity contribution >= 4 is 17.7 Å². The number of carbonyl (C=O) groups is 3. The van der Waals surface area contributed by atoms with Crippen LogP contribution < -0.4 is 4.74 Å². The molecule has 4 aliphatic rings. The first-order valence-electron chi connectivity index (χ1n) is 11.1. The molecule has 1 aromatic rings. The Morgan fingerprint density at radius 1 is 0.793 bits per heavy atom. The van der Waals surface area contributed by atoms with E-state index in [2.05, 4.69) is 0 Å². The van der Waals surface area contributed by atoms with Crippen molar-refractivity contribution in [2.75, 3.05) is 0 Å². The number of hydrogen-bond donors (Lipinski definition) is 0. The summed E-state index contributed by atoms with van der Waals surface area (Å²) in [7, 11) is 0. The lowest BCUT2D eigenvalue weighted by Crippen LogP contribution is -2.52. The minimum Gasteiger partial charge on any atom is -0.479 e. The zero-order valence-electron chi connectivity index (χ0n) is 16.7. The van der Waals surface area contributed by atoms with Gasteiger partial charge in [0, 0.05) is 12.1 Å². The van der Waals surface area contributed by atoms with Crippen LogP contribution >= 0.6 is 0 Å². The fourth-order valence-corrected chi connectivity index (χ4v) is 5.62. The fraction of sp³-hybridized carbons (Fsp3) is 0.609. The van der Waals surface area contributed by atoms with Crippen LogP contribution in [0.2, 0.25) is 0 Å². The van der Waals surface area contributed by atoms with E-state index < -0.39 is 12.1 Å². The van der Waals surface area contributed by atoms with Crippen LogP contribution in [-0.4, -0.2) is 51.8 Å². The highest BCUT2D eigenvalue weighted by molar-refractivity contribution is 6.12. The van der Waals surface area contributed by atoms with Crippen LogP contribution in [0.25, 0.3) is 0 Å². The average Bonchev–Trinajstić information content (AvgIpc) is 3.22. The van der Waals surface area contributed by atoms with E-state index in [0.29, 0.717) is 11.3 Å². The number of hydrogen-bond acceptors (Lipinski definition) is 4. The molecule has 2 heterocycles. The van der Waals surface area contributed by atoms with Gasteiger partial charge in [-0.05, 0) is 37.8 Å². The molecule has 0 radical (unpaired) electrons. The van der Waals surface area contributed by atoms with Crippen LogP contribution in [0.5, 0.6) is 5.75 Å². The summed E-state index contributed by atoms with van der Waals surface area (Å²) < 4.78 is 5.99. The monoisotopic (exact) mass is 396 g/mol. The molecular formula is C23H28N2O4. The predicted octanol–water partition coefficient (Wildman–Crippen LogP) is 3.93. The standard InChI is InChI=1S/C23H28N2O4/c26-20-17-13-7-8-14-18(17)29-21(20)19-22(27)25(16-11-5-2-6-12-16)23(28)24(19)15-9-3-1-4-10-15/h7-8,13-16,19,21H,1-6,9-12H2/t19-,21+/m0/s1. The normalized spacial score (nSPS) is 28.8. The molecule has 154 valence electrons. The fourth-order valence-electron chi connectivity index (χ4n) is 5.62. The van der Waals surface area contributed by atoms with Crippen molar-refractivity contribution < 1.29 is 19.1 Å². The number of Topliss-reactive ketones (excluding diaryl/α,β-unsaturated/α-hetero) is 1. The summed E-state index contributed by atoms with van der Waals surface area (Å²) in [5, 5.41) is 0. The van der Waals surface area contributed by atoms with Gasteiger partial charge in [0.1, 0.15) is 5.75 Å². The number of imide groups is 1. The Labute approximate surface area is 171 Å². The third-order valence-electron chi connectivity index (χ3n) is 7.08. The van der Waals surface area contributed by atoms with E-state index in [-0.39, 0.29) is 29.8 Å². The molecule has 6 heteroatoms. The second-order valence-electron chi connectivity index (χ2n) is 8.83. The summed E-state index contributed by atoms with van der Waals surface area (Å²) in [4.78, 5) is 43.4. The first-order valence-corrected chi connectivity index (χ1v) is 11.1. The first kappa shape index (κ1) is 18.6. The van der Waals surface area contributed by atoms with Crippen molar-refractivity contribution in [3.8, 4) is 5.75 Å². The topological polar surface area (TPSA) is 66.9 Å². The van der Waals surface area contributed by atoms with E-state index in [4.69, 9.17) is 4.74 Å². The van der Waals surface area contributed by atoms with E-state index in [0.717, 1.165) is 64.2 Å². The first-order chi connectivity index (χ1) is 14.2. The van der Waals surface area contributed by atoms with Crippen molar-refractivity contribution in [3.05, 3.63) is 29.8 Å². The number of amides is 3. The number of carbonyl (C=O) groups excluding carboxylic acids is 3. The second-order valence-corrected chi connectivity index (χ2v) is 8.83. The Hall–Kier alpha value is -2.37. The molecule has 3 fully saturated rings. The van der Waals surface area contributed by atoms with Crippen molar-refractivity contribution in [2.45, 2.75) is 88.4 Å². The minimum absolute atomic E-state index is 0.0129. The van der Waals surface area contributed by atoms with Gasteiger partial charge in [-0.3, -0.25) is 14.5 Å². The minimum atomic E-state index is -0.931. The van der Waals surface area contributed by atoms with Crippen LogP contribution in [0.3, 0.4) is 0 Å². The van der Waals surface area contributed by atoms with Gasteiger partial charge in [-0.15, -0.1) is 0 Å². The van der Waals surface area contributed by atoms with E-state index in [1.807, 2.05) is 6.07 Å². The van der Waals surface area contributed by atoms with Gasteiger partial charge in [0.15, 0.2) is 12.1 Å². The summed E-state index contributed by atoms with van der Waals surface area (Å²) >= 11 is 0. The lowest BCUT2D eigenvalue weighted by atomic mass is 9.92. The number of benzene rings is 1. The summed E-state index contributed by atoms with van der Waals surface area (Å²) in [6.07, 6.45) is 9.08. The Morgan fingerprint density at radius 3 is 2.07 bits per heavy atom. The number of nitrogens with zero attached hydrogens (tertiary/aromatic N) is 2.